The predicted octanol–water partition coefficient (Wildman–Crippen LogP) is 5.05. The summed E-state index contributed by atoms with van der Waals surface area (Å²) in [6.07, 6.45) is 0.846. The molecule has 2 aromatic rings. The molecule has 8 heteroatoms. The summed E-state index contributed by atoms with van der Waals surface area (Å²) in [5.74, 6) is -1.73. The van der Waals surface area contributed by atoms with Gasteiger partial charge < -0.3 is 24.1 Å². The van der Waals surface area contributed by atoms with Crippen LogP contribution in [0.3, 0.4) is 0 Å². The van der Waals surface area contributed by atoms with Crippen LogP contribution in [0.5, 0.6) is 0 Å². The third kappa shape index (κ3) is 4.21. The number of aliphatic hydroxyl groups is 1. The van der Waals surface area contributed by atoms with Crippen LogP contribution in [-0.4, -0.2) is 59.1 Å². The van der Waals surface area contributed by atoms with Crippen LogP contribution < -0.4 is 0 Å². The Kier molecular flexibility index (Phi) is 6.85. The van der Waals surface area contributed by atoms with Crippen LogP contribution in [0.15, 0.2) is 72.3 Å². The minimum Gasteiger partial charge on any atom is -0.463 e. The lowest BCUT2D eigenvalue weighted by Gasteiger charge is -2.69. The SMILES string of the molecule is CC1=CC[C@@H](OC(=O)c2ccccc2)[C@H]2[C@@]1(C)[C@@H](OC(=O)c1ccccc1)[C@H](O)[C@]1(C)O[C@]3(CC[C@]21C)COC(=O)C3. The van der Waals surface area contributed by atoms with Crippen molar-refractivity contribution in [1.29, 1.82) is 0 Å². The number of benzene rings is 2. The van der Waals surface area contributed by atoms with Gasteiger partial charge in [0, 0.05) is 23.2 Å². The lowest BCUT2D eigenvalue weighted by molar-refractivity contribution is -0.346. The van der Waals surface area contributed by atoms with Gasteiger partial charge in [0.25, 0.3) is 0 Å². The fraction of sp³-hybridized carbons (Fsp3) is 0.500. The van der Waals surface area contributed by atoms with Crippen molar-refractivity contribution in [1.82, 2.24) is 0 Å². The highest BCUT2D eigenvalue weighted by atomic mass is 16.6. The molecule has 2 saturated heterocycles. The number of fused-ring (bicyclic) bond motifs is 3. The molecule has 42 heavy (non-hydrogen) atoms. The van der Waals surface area contributed by atoms with E-state index in [4.69, 9.17) is 18.9 Å². The first-order valence-corrected chi connectivity index (χ1v) is 14.7. The molecular weight excluding hydrogens is 536 g/mol. The molecular formula is C34H38O8. The van der Waals surface area contributed by atoms with Gasteiger partial charge in [0.15, 0.2) is 0 Å². The molecule has 2 heterocycles. The molecule has 0 radical (unpaired) electrons. The number of aliphatic hydroxyl groups excluding tert-OH is 1. The van der Waals surface area contributed by atoms with E-state index in [9.17, 15) is 19.5 Å². The maximum atomic E-state index is 13.5. The summed E-state index contributed by atoms with van der Waals surface area (Å²) in [5, 5.41) is 12.3. The van der Waals surface area contributed by atoms with Crippen molar-refractivity contribution in [3.8, 4) is 0 Å². The molecule has 0 bridgehead atoms. The number of hydrogen-bond acceptors (Lipinski definition) is 8. The fourth-order valence-corrected chi connectivity index (χ4v) is 8.23. The normalized spacial score (nSPS) is 39.0. The van der Waals surface area contributed by atoms with Crippen molar-refractivity contribution < 1.29 is 38.4 Å². The van der Waals surface area contributed by atoms with Gasteiger partial charge >= 0.3 is 17.9 Å². The number of cyclic esters (lactones) is 1. The highest BCUT2D eigenvalue weighted by Gasteiger charge is 2.75. The zero-order chi connectivity index (χ0) is 29.9. The summed E-state index contributed by atoms with van der Waals surface area (Å²) < 4.78 is 24.7. The Morgan fingerprint density at radius 3 is 2.07 bits per heavy atom. The van der Waals surface area contributed by atoms with Gasteiger partial charge in [-0.3, -0.25) is 4.79 Å². The summed E-state index contributed by atoms with van der Waals surface area (Å²) in [6.45, 7) is 8.00. The van der Waals surface area contributed by atoms with Crippen molar-refractivity contribution in [2.45, 2.75) is 82.9 Å². The van der Waals surface area contributed by atoms with E-state index in [2.05, 4.69) is 6.92 Å². The third-order valence-corrected chi connectivity index (χ3v) is 10.8. The zero-order valence-electron chi connectivity index (χ0n) is 24.5. The highest BCUT2D eigenvalue weighted by molar-refractivity contribution is 5.90. The van der Waals surface area contributed by atoms with Crippen LogP contribution in [0.25, 0.3) is 0 Å². The fourth-order valence-electron chi connectivity index (χ4n) is 8.23. The van der Waals surface area contributed by atoms with Crippen molar-refractivity contribution in [2.24, 2.45) is 16.7 Å². The van der Waals surface area contributed by atoms with Gasteiger partial charge in [0.05, 0.1) is 17.5 Å². The van der Waals surface area contributed by atoms with Crippen LogP contribution in [0, 0.1) is 16.7 Å². The van der Waals surface area contributed by atoms with Crippen LogP contribution >= 0.6 is 0 Å². The molecule has 3 fully saturated rings. The first-order valence-electron chi connectivity index (χ1n) is 14.7. The van der Waals surface area contributed by atoms with Gasteiger partial charge in [0.2, 0.25) is 0 Å². The molecule has 1 N–H and O–H groups in total. The van der Waals surface area contributed by atoms with E-state index in [0.29, 0.717) is 30.4 Å². The van der Waals surface area contributed by atoms with E-state index in [0.717, 1.165) is 5.57 Å². The Morgan fingerprint density at radius 1 is 0.905 bits per heavy atom. The van der Waals surface area contributed by atoms with Gasteiger partial charge in [-0.25, -0.2) is 9.59 Å². The van der Waals surface area contributed by atoms with Gasteiger partial charge in [-0.1, -0.05) is 61.9 Å². The molecule has 0 aromatic heterocycles. The second-order valence-electron chi connectivity index (χ2n) is 13.0. The molecule has 0 amide bonds. The van der Waals surface area contributed by atoms with Crippen molar-refractivity contribution >= 4 is 17.9 Å². The van der Waals surface area contributed by atoms with Gasteiger partial charge in [-0.15, -0.1) is 0 Å². The van der Waals surface area contributed by atoms with Gasteiger partial charge in [-0.05, 0) is 51.0 Å². The first-order chi connectivity index (χ1) is 19.9. The summed E-state index contributed by atoms with van der Waals surface area (Å²) >= 11 is 0. The Hall–Kier alpha value is -3.49. The maximum Gasteiger partial charge on any atom is 0.338 e. The maximum absolute atomic E-state index is 13.5. The smallest absolute Gasteiger partial charge is 0.338 e. The molecule has 6 rings (SSSR count). The number of carbonyl (C=O) groups excluding carboxylic acids is 3. The molecule has 8 nitrogen and oxygen atoms in total. The van der Waals surface area contributed by atoms with E-state index in [1.165, 1.54) is 0 Å². The number of ether oxygens (including phenoxy) is 4. The van der Waals surface area contributed by atoms with Crippen LogP contribution in [0.1, 0.15) is 74.1 Å². The third-order valence-electron chi connectivity index (χ3n) is 10.8. The van der Waals surface area contributed by atoms with E-state index in [1.54, 1.807) is 48.5 Å². The lowest BCUT2D eigenvalue weighted by atomic mass is 9.42. The second kappa shape index (κ2) is 10.1. The average Bonchev–Trinajstić information content (AvgIpc) is 3.35. The van der Waals surface area contributed by atoms with E-state index in [1.807, 2.05) is 39.0 Å². The largest absolute Gasteiger partial charge is 0.463 e. The van der Waals surface area contributed by atoms with Crippen molar-refractivity contribution in [2.75, 3.05) is 6.61 Å². The average molecular weight is 575 g/mol. The number of esters is 3. The first kappa shape index (κ1) is 28.6. The number of carbonyl (C=O) groups is 3. The summed E-state index contributed by atoms with van der Waals surface area (Å²) in [4.78, 5) is 39.2. The Bertz CT molecular complexity index is 1420. The van der Waals surface area contributed by atoms with Crippen LogP contribution in [-0.2, 0) is 23.7 Å². The Labute approximate surface area is 246 Å². The predicted molar refractivity (Wildman–Crippen MR) is 152 cm³/mol. The zero-order valence-corrected chi connectivity index (χ0v) is 24.5. The lowest BCUT2D eigenvalue weighted by Crippen LogP contribution is -2.78. The Morgan fingerprint density at radius 2 is 1.50 bits per heavy atom. The van der Waals surface area contributed by atoms with E-state index >= 15 is 0 Å². The molecule has 4 aliphatic rings. The van der Waals surface area contributed by atoms with E-state index < -0.39 is 52.3 Å². The second-order valence-corrected chi connectivity index (χ2v) is 13.0. The molecule has 0 unspecified atom stereocenters. The molecule has 222 valence electrons. The van der Waals surface area contributed by atoms with Gasteiger partial charge in [0.1, 0.15) is 36.1 Å². The van der Waals surface area contributed by atoms with Crippen LogP contribution in [0.4, 0.5) is 0 Å². The quantitative estimate of drug-likeness (QED) is 0.307. The van der Waals surface area contributed by atoms with Crippen molar-refractivity contribution in [3.63, 3.8) is 0 Å². The molecule has 1 spiro atoms. The van der Waals surface area contributed by atoms with E-state index in [-0.39, 0.29) is 24.9 Å². The van der Waals surface area contributed by atoms with Crippen LogP contribution in [0.2, 0.25) is 0 Å². The molecule has 2 aliphatic heterocycles. The monoisotopic (exact) mass is 574 g/mol. The topological polar surface area (TPSA) is 108 Å². The standard InChI is InChI=1S/C34H38O8/c1-21-15-16-24(40-29(37)22-11-7-5-8-12-22)26-31(2)17-18-34(19-25(35)39-20-34)42-33(31,4)27(36)28(32(21,26)3)41-30(38)23-13-9-6-10-14-23/h5-15,24,26-28,36H,16-20H2,1-4H3/t24-,26-,27+,28+,31-,32+,33+,34+/m1/s1. The number of rotatable bonds is 4. The molecule has 2 aromatic carbocycles. The highest BCUT2D eigenvalue weighted by Crippen LogP contribution is 2.68. The minimum absolute atomic E-state index is 0.0904. The minimum atomic E-state index is -1.26. The summed E-state index contributed by atoms with van der Waals surface area (Å²) in [7, 11) is 0. The number of hydrogen-bond donors (Lipinski definition) is 1. The van der Waals surface area contributed by atoms with Gasteiger partial charge in [-0.2, -0.15) is 0 Å². The molecule has 2 aliphatic carbocycles. The summed E-state index contributed by atoms with van der Waals surface area (Å²) in [5.41, 5.74) is -2.01. The Balaban J connectivity index is 1.46. The molecule has 1 saturated carbocycles. The summed E-state index contributed by atoms with van der Waals surface area (Å²) in [6, 6.07) is 17.5. The van der Waals surface area contributed by atoms with Crippen molar-refractivity contribution in [3.05, 3.63) is 83.4 Å². The molecule has 8 atom stereocenters.